The molecule has 0 atom stereocenters. The molecule has 27 heavy (non-hydrogen) atoms. The first-order valence-electron chi connectivity index (χ1n) is 8.11. The van der Waals surface area contributed by atoms with Crippen LogP contribution in [0, 0.1) is 5.82 Å². The molecule has 0 N–H and O–H groups in total. The number of hydrogen-bond acceptors (Lipinski definition) is 6. The lowest BCUT2D eigenvalue weighted by Crippen LogP contribution is -2.04. The summed E-state index contributed by atoms with van der Waals surface area (Å²) in [6, 6.07) is 11.2. The standard InChI is InChI=1S/C19H14FN3O3S/c20-14-4-2-13(3-5-14)18-22-15(12-27-18)11-25-19(24)17-7-6-16(26-17)10-23-9-1-8-21-23/h1-9,12H,10-11H2. The van der Waals surface area contributed by atoms with E-state index in [1.54, 1.807) is 40.5 Å². The average molecular weight is 383 g/mol. The molecule has 136 valence electrons. The Balaban J connectivity index is 1.35. The van der Waals surface area contributed by atoms with E-state index in [1.807, 2.05) is 12.3 Å². The summed E-state index contributed by atoms with van der Waals surface area (Å²) in [5, 5.41) is 6.63. The number of esters is 1. The molecule has 3 heterocycles. The first-order chi connectivity index (χ1) is 13.2. The van der Waals surface area contributed by atoms with Gasteiger partial charge in [-0.15, -0.1) is 11.3 Å². The van der Waals surface area contributed by atoms with Gasteiger partial charge in [-0.3, -0.25) is 4.68 Å². The summed E-state index contributed by atoms with van der Waals surface area (Å²) < 4.78 is 25.5. The van der Waals surface area contributed by atoms with Gasteiger partial charge in [-0.2, -0.15) is 5.10 Å². The molecule has 8 heteroatoms. The van der Waals surface area contributed by atoms with Crippen LogP contribution < -0.4 is 0 Å². The zero-order chi connectivity index (χ0) is 18.6. The molecule has 0 aliphatic carbocycles. The molecule has 6 nitrogen and oxygen atoms in total. The second-order valence-electron chi connectivity index (χ2n) is 5.70. The average Bonchev–Trinajstić information content (AvgIpc) is 3.43. The van der Waals surface area contributed by atoms with Gasteiger partial charge >= 0.3 is 5.97 Å². The van der Waals surface area contributed by atoms with Crippen molar-refractivity contribution < 1.29 is 18.3 Å². The smallest absolute Gasteiger partial charge is 0.374 e. The van der Waals surface area contributed by atoms with Crippen molar-refractivity contribution in [3.05, 3.63) is 83.3 Å². The molecular weight excluding hydrogens is 369 g/mol. The maximum Gasteiger partial charge on any atom is 0.374 e. The van der Waals surface area contributed by atoms with E-state index in [-0.39, 0.29) is 18.2 Å². The fraction of sp³-hybridized carbons (Fsp3) is 0.105. The van der Waals surface area contributed by atoms with E-state index in [1.165, 1.54) is 23.5 Å². The van der Waals surface area contributed by atoms with Gasteiger partial charge < -0.3 is 9.15 Å². The predicted octanol–water partition coefficient (Wildman–Crippen LogP) is 4.14. The second-order valence-corrected chi connectivity index (χ2v) is 6.55. The van der Waals surface area contributed by atoms with Crippen molar-refractivity contribution in [3.8, 4) is 10.6 Å². The zero-order valence-corrected chi connectivity index (χ0v) is 14.9. The highest BCUT2D eigenvalue weighted by Crippen LogP contribution is 2.24. The predicted molar refractivity (Wildman–Crippen MR) is 96.7 cm³/mol. The Morgan fingerprint density at radius 3 is 2.85 bits per heavy atom. The number of thiazole rings is 1. The summed E-state index contributed by atoms with van der Waals surface area (Å²) in [6.45, 7) is 0.471. The van der Waals surface area contributed by atoms with Crippen LogP contribution in [0.3, 0.4) is 0 Å². The fourth-order valence-electron chi connectivity index (χ4n) is 2.44. The van der Waals surface area contributed by atoms with E-state index in [0.717, 1.165) is 10.6 Å². The van der Waals surface area contributed by atoms with Gasteiger partial charge in [0.15, 0.2) is 0 Å². The van der Waals surface area contributed by atoms with Gasteiger partial charge in [-0.25, -0.2) is 14.2 Å². The Hall–Kier alpha value is -3.26. The van der Waals surface area contributed by atoms with Crippen LogP contribution in [0.15, 0.2) is 64.7 Å². The lowest BCUT2D eigenvalue weighted by atomic mass is 10.2. The summed E-state index contributed by atoms with van der Waals surface area (Å²) in [5.74, 6) is -0.114. The van der Waals surface area contributed by atoms with Crippen LogP contribution >= 0.6 is 11.3 Å². The van der Waals surface area contributed by atoms with Gasteiger partial charge in [-0.1, -0.05) is 0 Å². The first-order valence-corrected chi connectivity index (χ1v) is 8.99. The van der Waals surface area contributed by atoms with E-state index in [2.05, 4.69) is 10.1 Å². The normalized spacial score (nSPS) is 10.9. The first kappa shape index (κ1) is 17.2. The fourth-order valence-corrected chi connectivity index (χ4v) is 3.25. The minimum Gasteiger partial charge on any atom is -0.453 e. The second kappa shape index (κ2) is 7.55. The van der Waals surface area contributed by atoms with Gasteiger partial charge in [0.25, 0.3) is 0 Å². The molecule has 3 aromatic heterocycles. The van der Waals surface area contributed by atoms with Gasteiger partial charge in [0.1, 0.15) is 23.2 Å². The Bertz CT molecular complexity index is 1040. The molecular formula is C19H14FN3O3S. The van der Waals surface area contributed by atoms with Gasteiger partial charge in [0.05, 0.1) is 12.2 Å². The van der Waals surface area contributed by atoms with Crippen LogP contribution in [0.25, 0.3) is 10.6 Å². The zero-order valence-electron chi connectivity index (χ0n) is 14.0. The number of furan rings is 1. The molecule has 0 bridgehead atoms. The summed E-state index contributed by atoms with van der Waals surface area (Å²) in [6.07, 6.45) is 3.48. The Morgan fingerprint density at radius 1 is 1.22 bits per heavy atom. The van der Waals surface area contributed by atoms with Crippen LogP contribution in [0.2, 0.25) is 0 Å². The number of nitrogens with zero attached hydrogens (tertiary/aromatic N) is 3. The summed E-state index contributed by atoms with van der Waals surface area (Å²) in [5.41, 5.74) is 1.43. The number of carbonyl (C=O) groups is 1. The van der Waals surface area contributed by atoms with Crippen molar-refractivity contribution in [3.63, 3.8) is 0 Å². The number of hydrogen-bond donors (Lipinski definition) is 0. The van der Waals surface area contributed by atoms with E-state index in [9.17, 15) is 9.18 Å². The van der Waals surface area contributed by atoms with Gasteiger partial charge in [-0.05, 0) is 42.5 Å². The molecule has 0 radical (unpaired) electrons. The molecule has 0 aliphatic heterocycles. The summed E-state index contributed by atoms with van der Waals surface area (Å²) in [4.78, 5) is 16.6. The van der Waals surface area contributed by atoms with Crippen molar-refractivity contribution in [2.45, 2.75) is 13.2 Å². The lowest BCUT2D eigenvalue weighted by molar-refractivity contribution is 0.0429. The third-order valence-electron chi connectivity index (χ3n) is 3.73. The van der Waals surface area contributed by atoms with Crippen molar-refractivity contribution in [2.24, 2.45) is 0 Å². The van der Waals surface area contributed by atoms with E-state index in [0.29, 0.717) is 18.0 Å². The Kier molecular flexibility index (Phi) is 4.80. The SMILES string of the molecule is O=C(OCc1csc(-c2ccc(F)cc2)n1)c1ccc(Cn2cccn2)o1. The van der Waals surface area contributed by atoms with Crippen LogP contribution in [-0.2, 0) is 17.9 Å². The molecule has 0 unspecified atom stereocenters. The quantitative estimate of drug-likeness (QED) is 0.468. The van der Waals surface area contributed by atoms with Gasteiger partial charge in [0, 0.05) is 23.3 Å². The molecule has 0 saturated carbocycles. The topological polar surface area (TPSA) is 70.2 Å². The molecule has 1 aromatic carbocycles. The third-order valence-corrected chi connectivity index (χ3v) is 4.67. The minimum atomic E-state index is -0.557. The number of carbonyl (C=O) groups excluding carboxylic acids is 1. The number of rotatable bonds is 6. The number of ether oxygens (including phenoxy) is 1. The van der Waals surface area contributed by atoms with Crippen molar-refractivity contribution >= 4 is 17.3 Å². The Labute approximate surface area is 157 Å². The molecule has 0 spiro atoms. The molecule has 0 saturated heterocycles. The van der Waals surface area contributed by atoms with Crippen LogP contribution in [0.5, 0.6) is 0 Å². The van der Waals surface area contributed by atoms with Crippen molar-refractivity contribution in [2.75, 3.05) is 0 Å². The monoisotopic (exact) mass is 383 g/mol. The molecule has 0 aliphatic rings. The van der Waals surface area contributed by atoms with E-state index >= 15 is 0 Å². The maximum atomic E-state index is 13.0. The maximum absolute atomic E-state index is 13.0. The van der Waals surface area contributed by atoms with E-state index in [4.69, 9.17) is 9.15 Å². The number of aromatic nitrogens is 3. The largest absolute Gasteiger partial charge is 0.453 e. The lowest BCUT2D eigenvalue weighted by Gasteiger charge is -2.01. The van der Waals surface area contributed by atoms with Crippen molar-refractivity contribution in [1.82, 2.24) is 14.8 Å². The third kappa shape index (κ3) is 4.12. The van der Waals surface area contributed by atoms with Crippen LogP contribution in [-0.4, -0.2) is 20.7 Å². The summed E-state index contributed by atoms with van der Waals surface area (Å²) in [7, 11) is 0. The Morgan fingerprint density at radius 2 is 2.07 bits per heavy atom. The van der Waals surface area contributed by atoms with Gasteiger partial charge in [0.2, 0.25) is 5.76 Å². The summed E-state index contributed by atoms with van der Waals surface area (Å²) >= 11 is 1.40. The molecule has 4 aromatic rings. The highest BCUT2D eigenvalue weighted by molar-refractivity contribution is 7.13. The highest BCUT2D eigenvalue weighted by atomic mass is 32.1. The van der Waals surface area contributed by atoms with E-state index < -0.39 is 5.97 Å². The molecule has 4 rings (SSSR count). The molecule has 0 fully saturated rings. The van der Waals surface area contributed by atoms with Crippen molar-refractivity contribution in [1.29, 1.82) is 0 Å². The number of benzene rings is 1. The highest BCUT2D eigenvalue weighted by Gasteiger charge is 2.14. The minimum absolute atomic E-state index is 0.0334. The van der Waals surface area contributed by atoms with Crippen LogP contribution in [0.1, 0.15) is 22.0 Å². The number of halogens is 1. The molecule has 0 amide bonds. The van der Waals surface area contributed by atoms with Crippen LogP contribution in [0.4, 0.5) is 4.39 Å².